The van der Waals surface area contributed by atoms with Gasteiger partial charge in [-0.2, -0.15) is 0 Å². The summed E-state index contributed by atoms with van der Waals surface area (Å²) in [6, 6.07) is 1.64. The van der Waals surface area contributed by atoms with Crippen molar-refractivity contribution in [2.75, 3.05) is 25.5 Å². The molecule has 0 atom stereocenters. The Kier molecular flexibility index (Phi) is 6.49. The molecule has 0 radical (unpaired) electrons. The van der Waals surface area contributed by atoms with E-state index in [4.69, 9.17) is 0 Å². The van der Waals surface area contributed by atoms with E-state index in [0.717, 1.165) is 0 Å². The normalized spacial score (nSPS) is 10.2. The number of aromatic nitrogens is 1. The lowest BCUT2D eigenvalue weighted by molar-refractivity contribution is -0.121. The number of carbonyl (C=O) groups excluding carboxylic acids is 2. The summed E-state index contributed by atoms with van der Waals surface area (Å²) in [5.74, 6) is 0.152. The van der Waals surface area contributed by atoms with E-state index in [1.54, 1.807) is 25.5 Å². The summed E-state index contributed by atoms with van der Waals surface area (Å²) in [5.41, 5.74) is 1.18. The molecule has 6 nitrogen and oxygen atoms in total. The van der Waals surface area contributed by atoms with Gasteiger partial charge in [-0.25, -0.2) is 0 Å². The second-order valence-corrected chi connectivity index (χ2v) is 4.88. The van der Waals surface area contributed by atoms with Crippen LogP contribution in [0.3, 0.4) is 0 Å². The van der Waals surface area contributed by atoms with Crippen molar-refractivity contribution in [2.45, 2.75) is 20.3 Å². The van der Waals surface area contributed by atoms with E-state index in [2.05, 4.69) is 20.9 Å². The van der Waals surface area contributed by atoms with Crippen molar-refractivity contribution in [3.05, 3.63) is 24.0 Å². The van der Waals surface area contributed by atoms with Crippen LogP contribution < -0.4 is 16.0 Å². The fourth-order valence-corrected chi connectivity index (χ4v) is 1.58. The number of carbonyl (C=O) groups is 2. The monoisotopic (exact) mass is 278 g/mol. The first kappa shape index (κ1) is 15.9. The Hall–Kier alpha value is -2.11. The van der Waals surface area contributed by atoms with Crippen molar-refractivity contribution >= 4 is 17.5 Å². The van der Waals surface area contributed by atoms with Crippen LogP contribution in [0.1, 0.15) is 30.6 Å². The standard InChI is InChI=1S/C14H22N4O2/c1-10(2)8-18-13(19)5-7-17-14(20)11-4-6-16-9-12(11)15-3/h4,6,9-10,15H,5,7-8H2,1-3H3,(H,17,20)(H,18,19). The largest absolute Gasteiger partial charge is 0.386 e. The van der Waals surface area contributed by atoms with Crippen LogP contribution in [0.5, 0.6) is 0 Å². The summed E-state index contributed by atoms with van der Waals surface area (Å²) in [7, 11) is 1.73. The van der Waals surface area contributed by atoms with Gasteiger partial charge in [-0.05, 0) is 12.0 Å². The molecule has 0 saturated carbocycles. The highest BCUT2D eigenvalue weighted by Gasteiger charge is 2.10. The van der Waals surface area contributed by atoms with Gasteiger partial charge in [-0.15, -0.1) is 0 Å². The fraction of sp³-hybridized carbons (Fsp3) is 0.500. The van der Waals surface area contributed by atoms with Crippen molar-refractivity contribution in [1.29, 1.82) is 0 Å². The minimum absolute atomic E-state index is 0.0532. The molecule has 0 unspecified atom stereocenters. The molecule has 0 aliphatic heterocycles. The van der Waals surface area contributed by atoms with Crippen LogP contribution in [-0.2, 0) is 4.79 Å². The maximum Gasteiger partial charge on any atom is 0.253 e. The Morgan fingerprint density at radius 3 is 2.70 bits per heavy atom. The number of nitrogens with zero attached hydrogens (tertiary/aromatic N) is 1. The predicted molar refractivity (Wildman–Crippen MR) is 78.6 cm³/mol. The topological polar surface area (TPSA) is 83.1 Å². The molecule has 0 bridgehead atoms. The van der Waals surface area contributed by atoms with Crippen LogP contribution in [0.25, 0.3) is 0 Å². The van der Waals surface area contributed by atoms with Crippen molar-refractivity contribution in [3.63, 3.8) is 0 Å². The SMILES string of the molecule is CNc1cnccc1C(=O)NCCC(=O)NCC(C)C. The van der Waals surface area contributed by atoms with Crippen LogP contribution in [-0.4, -0.2) is 36.9 Å². The number of hydrogen-bond acceptors (Lipinski definition) is 4. The molecule has 0 spiro atoms. The van der Waals surface area contributed by atoms with E-state index in [-0.39, 0.29) is 18.2 Å². The summed E-state index contributed by atoms with van der Waals surface area (Å²) >= 11 is 0. The number of anilines is 1. The van der Waals surface area contributed by atoms with Crippen LogP contribution in [0.15, 0.2) is 18.5 Å². The zero-order valence-electron chi connectivity index (χ0n) is 12.2. The summed E-state index contributed by atoms with van der Waals surface area (Å²) in [6.07, 6.45) is 3.42. The molecular formula is C14H22N4O2. The van der Waals surface area contributed by atoms with Gasteiger partial charge in [0.1, 0.15) is 0 Å². The van der Waals surface area contributed by atoms with Crippen molar-refractivity contribution < 1.29 is 9.59 Å². The highest BCUT2D eigenvalue weighted by Crippen LogP contribution is 2.11. The fourth-order valence-electron chi connectivity index (χ4n) is 1.58. The average molecular weight is 278 g/mol. The summed E-state index contributed by atoms with van der Waals surface area (Å²) in [4.78, 5) is 27.4. The second-order valence-electron chi connectivity index (χ2n) is 4.88. The van der Waals surface area contributed by atoms with Crippen molar-refractivity contribution in [1.82, 2.24) is 15.6 Å². The lowest BCUT2D eigenvalue weighted by atomic mass is 10.2. The Morgan fingerprint density at radius 1 is 1.30 bits per heavy atom. The number of rotatable bonds is 7. The van der Waals surface area contributed by atoms with E-state index in [1.807, 2.05) is 13.8 Å². The van der Waals surface area contributed by atoms with Gasteiger partial charge in [0.2, 0.25) is 5.91 Å². The Balaban J connectivity index is 2.38. The maximum absolute atomic E-state index is 12.0. The number of amides is 2. The van der Waals surface area contributed by atoms with Gasteiger partial charge in [0, 0.05) is 32.8 Å². The molecule has 0 aliphatic rings. The van der Waals surface area contributed by atoms with Crippen LogP contribution in [0.2, 0.25) is 0 Å². The van der Waals surface area contributed by atoms with E-state index in [1.165, 1.54) is 0 Å². The molecular weight excluding hydrogens is 256 g/mol. The second kappa shape index (κ2) is 8.14. The lowest BCUT2D eigenvalue weighted by Crippen LogP contribution is -2.32. The highest BCUT2D eigenvalue weighted by molar-refractivity contribution is 5.99. The van der Waals surface area contributed by atoms with Crippen LogP contribution in [0, 0.1) is 5.92 Å². The smallest absolute Gasteiger partial charge is 0.253 e. The molecule has 0 fully saturated rings. The molecule has 1 aromatic heterocycles. The van der Waals surface area contributed by atoms with Gasteiger partial charge >= 0.3 is 0 Å². The zero-order valence-corrected chi connectivity index (χ0v) is 12.2. The third-order valence-corrected chi connectivity index (χ3v) is 2.68. The van der Waals surface area contributed by atoms with E-state index < -0.39 is 0 Å². The van der Waals surface area contributed by atoms with Gasteiger partial charge in [-0.1, -0.05) is 13.8 Å². The number of pyridine rings is 1. The third-order valence-electron chi connectivity index (χ3n) is 2.68. The zero-order chi connectivity index (χ0) is 15.0. The molecule has 0 aromatic carbocycles. The van der Waals surface area contributed by atoms with Gasteiger partial charge in [0.15, 0.2) is 0 Å². The van der Waals surface area contributed by atoms with Gasteiger partial charge in [0.05, 0.1) is 17.4 Å². The summed E-state index contributed by atoms with van der Waals surface area (Å²) in [6.45, 7) is 5.03. The van der Waals surface area contributed by atoms with Crippen LogP contribution in [0.4, 0.5) is 5.69 Å². The van der Waals surface area contributed by atoms with Crippen molar-refractivity contribution in [3.8, 4) is 0 Å². The Labute approximate surface area is 119 Å². The number of hydrogen-bond donors (Lipinski definition) is 3. The van der Waals surface area contributed by atoms with Gasteiger partial charge in [-0.3, -0.25) is 14.6 Å². The van der Waals surface area contributed by atoms with E-state index in [9.17, 15) is 9.59 Å². The molecule has 110 valence electrons. The maximum atomic E-state index is 12.0. The first-order valence-corrected chi connectivity index (χ1v) is 6.71. The Morgan fingerprint density at radius 2 is 2.05 bits per heavy atom. The van der Waals surface area contributed by atoms with Gasteiger partial charge < -0.3 is 16.0 Å². The van der Waals surface area contributed by atoms with Crippen LogP contribution >= 0.6 is 0 Å². The molecule has 1 heterocycles. The summed E-state index contributed by atoms with van der Waals surface area (Å²) < 4.78 is 0. The molecule has 6 heteroatoms. The molecule has 0 aliphatic carbocycles. The molecule has 1 rings (SSSR count). The average Bonchev–Trinajstić information content (AvgIpc) is 2.44. The minimum atomic E-state index is -0.214. The Bertz CT molecular complexity index is 460. The first-order valence-electron chi connectivity index (χ1n) is 6.71. The summed E-state index contributed by atoms with van der Waals surface area (Å²) in [5, 5.41) is 8.44. The third kappa shape index (κ3) is 5.26. The lowest BCUT2D eigenvalue weighted by Gasteiger charge is -2.10. The van der Waals surface area contributed by atoms with E-state index in [0.29, 0.717) is 30.3 Å². The highest BCUT2D eigenvalue weighted by atomic mass is 16.2. The molecule has 2 amide bonds. The minimum Gasteiger partial charge on any atom is -0.386 e. The quantitative estimate of drug-likeness (QED) is 0.695. The van der Waals surface area contributed by atoms with Gasteiger partial charge in [0.25, 0.3) is 5.91 Å². The number of nitrogens with one attached hydrogen (secondary N) is 3. The molecule has 0 saturated heterocycles. The van der Waals surface area contributed by atoms with E-state index >= 15 is 0 Å². The first-order chi connectivity index (χ1) is 9.54. The molecule has 1 aromatic rings. The predicted octanol–water partition coefficient (Wildman–Crippen LogP) is 1.02. The molecule has 3 N–H and O–H groups in total. The molecule has 20 heavy (non-hydrogen) atoms. The van der Waals surface area contributed by atoms with Crippen molar-refractivity contribution in [2.24, 2.45) is 5.92 Å².